The minimum absolute atomic E-state index is 0.175. The molecule has 20 heavy (non-hydrogen) atoms. The summed E-state index contributed by atoms with van der Waals surface area (Å²) in [5, 5.41) is 0.422. The Hall–Kier alpha value is -1.24. The molecule has 0 aliphatic carbocycles. The molecule has 0 radical (unpaired) electrons. The fourth-order valence-corrected chi connectivity index (χ4v) is 3.68. The summed E-state index contributed by atoms with van der Waals surface area (Å²) >= 11 is 9.15. The number of hydrogen-bond acceptors (Lipinski definition) is 3. The lowest BCUT2D eigenvalue weighted by molar-refractivity contribution is 0.594. The highest BCUT2D eigenvalue weighted by Crippen LogP contribution is 2.30. The first-order chi connectivity index (χ1) is 9.32. The van der Waals surface area contributed by atoms with Gasteiger partial charge in [0.1, 0.15) is 0 Å². The Balaban J connectivity index is 2.51. The SMILES string of the molecule is CN(c1cc(Cl)ccc1N)S(=O)(=O)c1cccc(Br)c1. The molecular formula is C13H12BrClN2O2S. The predicted octanol–water partition coefficient (Wildman–Crippen LogP) is 3.51. The molecule has 2 aromatic carbocycles. The minimum Gasteiger partial charge on any atom is -0.397 e. The van der Waals surface area contributed by atoms with Gasteiger partial charge in [0.2, 0.25) is 0 Å². The summed E-state index contributed by atoms with van der Waals surface area (Å²) in [6, 6.07) is 11.2. The molecule has 0 unspecified atom stereocenters. The van der Waals surface area contributed by atoms with Gasteiger partial charge in [0.15, 0.2) is 0 Å². The molecule has 2 aromatic rings. The van der Waals surface area contributed by atoms with Crippen LogP contribution in [0.15, 0.2) is 51.8 Å². The van der Waals surface area contributed by atoms with Crippen LogP contribution in [0.25, 0.3) is 0 Å². The highest BCUT2D eigenvalue weighted by molar-refractivity contribution is 9.10. The first kappa shape index (κ1) is 15.2. The monoisotopic (exact) mass is 374 g/mol. The maximum atomic E-state index is 12.6. The molecule has 7 heteroatoms. The van der Waals surface area contributed by atoms with Gasteiger partial charge in [-0.1, -0.05) is 33.6 Å². The first-order valence-electron chi connectivity index (χ1n) is 5.62. The van der Waals surface area contributed by atoms with E-state index in [0.717, 1.165) is 4.31 Å². The van der Waals surface area contributed by atoms with Gasteiger partial charge >= 0.3 is 0 Å². The number of hydrogen-bond donors (Lipinski definition) is 1. The smallest absolute Gasteiger partial charge is 0.264 e. The number of nitrogens with zero attached hydrogens (tertiary/aromatic N) is 1. The van der Waals surface area contributed by atoms with Gasteiger partial charge in [-0.15, -0.1) is 0 Å². The second kappa shape index (κ2) is 5.63. The zero-order valence-electron chi connectivity index (χ0n) is 10.5. The average Bonchev–Trinajstić information content (AvgIpc) is 2.40. The molecule has 0 bridgehead atoms. The van der Waals surface area contributed by atoms with Crippen molar-refractivity contribution in [1.29, 1.82) is 0 Å². The van der Waals surface area contributed by atoms with Crippen molar-refractivity contribution in [3.05, 3.63) is 52.0 Å². The largest absolute Gasteiger partial charge is 0.397 e. The lowest BCUT2D eigenvalue weighted by Crippen LogP contribution is -2.27. The van der Waals surface area contributed by atoms with Gasteiger partial charge in [-0.3, -0.25) is 4.31 Å². The first-order valence-corrected chi connectivity index (χ1v) is 8.23. The van der Waals surface area contributed by atoms with E-state index in [4.69, 9.17) is 17.3 Å². The molecule has 0 fully saturated rings. The van der Waals surface area contributed by atoms with E-state index in [1.54, 1.807) is 24.3 Å². The lowest BCUT2D eigenvalue weighted by Gasteiger charge is -2.21. The Labute approximate surface area is 131 Å². The molecule has 106 valence electrons. The van der Waals surface area contributed by atoms with Gasteiger partial charge in [0.25, 0.3) is 10.0 Å². The van der Waals surface area contributed by atoms with E-state index < -0.39 is 10.0 Å². The number of nitrogen functional groups attached to an aromatic ring is 1. The molecule has 0 aliphatic heterocycles. The van der Waals surface area contributed by atoms with Crippen molar-refractivity contribution in [2.45, 2.75) is 4.90 Å². The van der Waals surface area contributed by atoms with Gasteiger partial charge in [0.05, 0.1) is 16.3 Å². The van der Waals surface area contributed by atoms with Crippen LogP contribution in [-0.2, 0) is 10.0 Å². The quantitative estimate of drug-likeness (QED) is 0.835. The van der Waals surface area contributed by atoms with Crippen LogP contribution in [0.2, 0.25) is 5.02 Å². The van der Waals surface area contributed by atoms with Gasteiger partial charge in [-0.05, 0) is 36.4 Å². The molecule has 0 atom stereocenters. The second-order valence-corrected chi connectivity index (χ2v) is 7.45. The maximum Gasteiger partial charge on any atom is 0.264 e. The number of nitrogens with two attached hydrogens (primary N) is 1. The Morgan fingerprint density at radius 3 is 2.55 bits per heavy atom. The fraction of sp³-hybridized carbons (Fsp3) is 0.0769. The Bertz CT molecular complexity index is 750. The summed E-state index contributed by atoms with van der Waals surface area (Å²) in [7, 11) is -2.25. The zero-order valence-corrected chi connectivity index (χ0v) is 13.7. The number of halogens is 2. The maximum absolute atomic E-state index is 12.6. The van der Waals surface area contributed by atoms with Crippen molar-refractivity contribution >= 4 is 48.9 Å². The summed E-state index contributed by atoms with van der Waals surface area (Å²) in [5.41, 5.74) is 6.51. The van der Waals surface area contributed by atoms with Crippen LogP contribution in [0.4, 0.5) is 11.4 Å². The average molecular weight is 376 g/mol. The topological polar surface area (TPSA) is 63.4 Å². The Morgan fingerprint density at radius 1 is 1.20 bits per heavy atom. The summed E-state index contributed by atoms with van der Waals surface area (Å²) in [5.74, 6) is 0. The molecular weight excluding hydrogens is 364 g/mol. The molecule has 0 spiro atoms. The molecule has 4 nitrogen and oxygen atoms in total. The third-order valence-corrected chi connectivity index (χ3v) is 5.28. The van der Waals surface area contributed by atoms with Crippen LogP contribution < -0.4 is 10.0 Å². The van der Waals surface area contributed by atoms with Crippen LogP contribution in [0.1, 0.15) is 0 Å². The van der Waals surface area contributed by atoms with Crippen LogP contribution in [0.3, 0.4) is 0 Å². The minimum atomic E-state index is -3.69. The van der Waals surface area contributed by atoms with Crippen molar-refractivity contribution in [3.8, 4) is 0 Å². The van der Waals surface area contributed by atoms with Crippen molar-refractivity contribution in [3.63, 3.8) is 0 Å². The fourth-order valence-electron chi connectivity index (χ4n) is 1.70. The summed E-state index contributed by atoms with van der Waals surface area (Å²) in [4.78, 5) is 0.175. The summed E-state index contributed by atoms with van der Waals surface area (Å²) < 4.78 is 26.9. The molecule has 0 saturated heterocycles. The predicted molar refractivity (Wildman–Crippen MR) is 85.6 cm³/mol. The lowest BCUT2D eigenvalue weighted by atomic mass is 10.3. The molecule has 2 N–H and O–H groups in total. The van der Waals surface area contributed by atoms with Gasteiger partial charge in [0, 0.05) is 16.5 Å². The van der Waals surface area contributed by atoms with E-state index in [2.05, 4.69) is 15.9 Å². The van der Waals surface area contributed by atoms with E-state index in [0.29, 0.717) is 20.9 Å². The van der Waals surface area contributed by atoms with Crippen LogP contribution in [0, 0.1) is 0 Å². The van der Waals surface area contributed by atoms with Gasteiger partial charge in [-0.25, -0.2) is 8.42 Å². The number of benzene rings is 2. The Kier molecular flexibility index (Phi) is 4.27. The van der Waals surface area contributed by atoms with E-state index >= 15 is 0 Å². The number of rotatable bonds is 3. The van der Waals surface area contributed by atoms with E-state index in [1.807, 2.05) is 0 Å². The second-order valence-electron chi connectivity index (χ2n) is 4.13. The third-order valence-electron chi connectivity index (χ3n) is 2.79. The van der Waals surface area contributed by atoms with Crippen molar-refractivity contribution in [2.24, 2.45) is 0 Å². The van der Waals surface area contributed by atoms with Crippen molar-refractivity contribution < 1.29 is 8.42 Å². The molecule has 0 aliphatic rings. The highest BCUT2D eigenvalue weighted by Gasteiger charge is 2.23. The molecule has 0 saturated carbocycles. The molecule has 0 aromatic heterocycles. The van der Waals surface area contributed by atoms with Gasteiger partial charge in [-0.2, -0.15) is 0 Å². The van der Waals surface area contributed by atoms with Gasteiger partial charge < -0.3 is 5.73 Å². The third kappa shape index (κ3) is 2.92. The summed E-state index contributed by atoms with van der Waals surface area (Å²) in [6.07, 6.45) is 0. The standard InChI is InChI=1S/C13H12BrClN2O2S/c1-17(13-8-10(15)5-6-12(13)16)20(18,19)11-4-2-3-9(14)7-11/h2-8H,16H2,1H3. The van der Waals surface area contributed by atoms with E-state index in [1.165, 1.54) is 25.2 Å². The van der Waals surface area contributed by atoms with Crippen LogP contribution in [-0.4, -0.2) is 15.5 Å². The molecule has 0 heterocycles. The van der Waals surface area contributed by atoms with E-state index in [-0.39, 0.29) is 4.90 Å². The zero-order chi connectivity index (χ0) is 14.9. The van der Waals surface area contributed by atoms with E-state index in [9.17, 15) is 8.42 Å². The molecule has 2 rings (SSSR count). The number of sulfonamides is 1. The normalized spacial score (nSPS) is 11.3. The van der Waals surface area contributed by atoms with Crippen molar-refractivity contribution in [1.82, 2.24) is 0 Å². The van der Waals surface area contributed by atoms with Crippen molar-refractivity contribution in [2.75, 3.05) is 17.1 Å². The van der Waals surface area contributed by atoms with Crippen LogP contribution >= 0.6 is 27.5 Å². The number of anilines is 2. The molecule has 0 amide bonds. The summed E-state index contributed by atoms with van der Waals surface area (Å²) in [6.45, 7) is 0. The Morgan fingerprint density at radius 2 is 1.90 bits per heavy atom. The van der Waals surface area contributed by atoms with Crippen LogP contribution in [0.5, 0.6) is 0 Å². The highest BCUT2D eigenvalue weighted by atomic mass is 79.9.